The predicted octanol–water partition coefficient (Wildman–Crippen LogP) is 0.957. The van der Waals surface area contributed by atoms with Gasteiger partial charge in [-0.2, -0.15) is 0 Å². The molecule has 0 amide bonds. The van der Waals surface area contributed by atoms with E-state index in [1.807, 2.05) is 6.07 Å². The van der Waals surface area contributed by atoms with Gasteiger partial charge in [0.1, 0.15) is 12.4 Å². The first-order chi connectivity index (χ1) is 9.33. The molecule has 0 saturated carbocycles. The minimum Gasteiger partial charge on any atom is -0.491 e. The van der Waals surface area contributed by atoms with E-state index in [9.17, 15) is 0 Å². The van der Waals surface area contributed by atoms with E-state index in [2.05, 4.69) is 40.4 Å². The molecule has 2 aliphatic rings. The molecular formula is C15H23N3O. The molecule has 2 aliphatic heterocycles. The van der Waals surface area contributed by atoms with Crippen molar-refractivity contribution < 1.29 is 4.74 Å². The van der Waals surface area contributed by atoms with Crippen LogP contribution in [-0.4, -0.2) is 62.7 Å². The lowest BCUT2D eigenvalue weighted by Crippen LogP contribution is -2.46. The number of likely N-dealkylation sites (N-methyl/N-ethyl adjacent to an activating group) is 1. The number of benzene rings is 1. The van der Waals surface area contributed by atoms with Crippen molar-refractivity contribution in [1.29, 1.82) is 0 Å². The average molecular weight is 261 g/mol. The van der Waals surface area contributed by atoms with Gasteiger partial charge in [-0.05, 0) is 13.1 Å². The van der Waals surface area contributed by atoms with E-state index in [1.165, 1.54) is 31.7 Å². The molecule has 1 fully saturated rings. The first kappa shape index (κ1) is 12.9. The van der Waals surface area contributed by atoms with Crippen LogP contribution in [0.3, 0.4) is 0 Å². The molecule has 2 heterocycles. The molecule has 0 radical (unpaired) electrons. The van der Waals surface area contributed by atoms with Gasteiger partial charge in [-0.25, -0.2) is 0 Å². The Labute approximate surface area is 115 Å². The summed E-state index contributed by atoms with van der Waals surface area (Å²) in [6.45, 7) is 7.69. The van der Waals surface area contributed by atoms with E-state index in [0.717, 1.165) is 25.4 Å². The Morgan fingerprint density at radius 1 is 1.21 bits per heavy atom. The van der Waals surface area contributed by atoms with Gasteiger partial charge in [-0.1, -0.05) is 18.2 Å². The van der Waals surface area contributed by atoms with Crippen molar-refractivity contribution >= 4 is 0 Å². The third kappa shape index (κ3) is 3.08. The molecule has 19 heavy (non-hydrogen) atoms. The Morgan fingerprint density at radius 2 is 2.00 bits per heavy atom. The van der Waals surface area contributed by atoms with Crippen LogP contribution in [0.2, 0.25) is 0 Å². The highest BCUT2D eigenvalue weighted by molar-refractivity contribution is 5.39. The highest BCUT2D eigenvalue weighted by Gasteiger charge is 2.23. The molecule has 0 aromatic heterocycles. The number of hydrogen-bond donors (Lipinski definition) is 1. The van der Waals surface area contributed by atoms with E-state index in [-0.39, 0.29) is 0 Å². The Morgan fingerprint density at radius 3 is 2.84 bits per heavy atom. The molecule has 4 nitrogen and oxygen atoms in total. The summed E-state index contributed by atoms with van der Waals surface area (Å²) < 4.78 is 5.68. The summed E-state index contributed by atoms with van der Waals surface area (Å²) in [7, 11) is 2.20. The third-order valence-corrected chi connectivity index (χ3v) is 4.11. The van der Waals surface area contributed by atoms with E-state index in [0.29, 0.717) is 6.04 Å². The van der Waals surface area contributed by atoms with Crippen LogP contribution in [0, 0.1) is 0 Å². The van der Waals surface area contributed by atoms with Crippen molar-refractivity contribution in [2.24, 2.45) is 0 Å². The van der Waals surface area contributed by atoms with Gasteiger partial charge in [0, 0.05) is 44.8 Å². The maximum absolute atomic E-state index is 5.68. The topological polar surface area (TPSA) is 27.7 Å². The Hall–Kier alpha value is -1.10. The second kappa shape index (κ2) is 5.90. The van der Waals surface area contributed by atoms with Crippen molar-refractivity contribution in [3.63, 3.8) is 0 Å². The van der Waals surface area contributed by atoms with Crippen LogP contribution in [0.4, 0.5) is 0 Å². The fraction of sp³-hybridized carbons (Fsp3) is 0.600. The molecule has 3 rings (SSSR count). The summed E-state index contributed by atoms with van der Waals surface area (Å²) in [5, 5.41) is 3.62. The summed E-state index contributed by atoms with van der Waals surface area (Å²) >= 11 is 0. The molecular weight excluding hydrogens is 238 g/mol. The van der Waals surface area contributed by atoms with Gasteiger partial charge in [0.25, 0.3) is 0 Å². The monoisotopic (exact) mass is 261 g/mol. The van der Waals surface area contributed by atoms with Crippen LogP contribution in [0.25, 0.3) is 0 Å². The van der Waals surface area contributed by atoms with Crippen molar-refractivity contribution in [2.45, 2.75) is 6.04 Å². The molecule has 1 saturated heterocycles. The first-order valence-corrected chi connectivity index (χ1v) is 7.19. The van der Waals surface area contributed by atoms with Crippen LogP contribution in [0.15, 0.2) is 24.3 Å². The number of nitrogens with zero attached hydrogens (tertiary/aromatic N) is 2. The van der Waals surface area contributed by atoms with Gasteiger partial charge in [0.2, 0.25) is 0 Å². The fourth-order valence-electron chi connectivity index (χ4n) is 2.80. The van der Waals surface area contributed by atoms with Crippen LogP contribution in [-0.2, 0) is 0 Å². The summed E-state index contributed by atoms with van der Waals surface area (Å²) in [6.07, 6.45) is 0. The van der Waals surface area contributed by atoms with Crippen LogP contribution in [0.1, 0.15) is 11.6 Å². The zero-order valence-electron chi connectivity index (χ0n) is 11.6. The van der Waals surface area contributed by atoms with E-state index in [4.69, 9.17) is 4.74 Å². The van der Waals surface area contributed by atoms with Gasteiger partial charge < -0.3 is 15.0 Å². The Kier molecular flexibility index (Phi) is 4.01. The van der Waals surface area contributed by atoms with E-state index in [1.54, 1.807) is 0 Å². The number of ether oxygens (including phenoxy) is 1. The number of piperazine rings is 1. The minimum atomic E-state index is 0.365. The summed E-state index contributed by atoms with van der Waals surface area (Å²) in [6, 6.07) is 8.70. The summed E-state index contributed by atoms with van der Waals surface area (Å²) in [5.74, 6) is 1.04. The van der Waals surface area contributed by atoms with Crippen LogP contribution < -0.4 is 10.1 Å². The van der Waals surface area contributed by atoms with E-state index >= 15 is 0 Å². The third-order valence-electron chi connectivity index (χ3n) is 4.11. The molecule has 1 unspecified atom stereocenters. The van der Waals surface area contributed by atoms with Crippen LogP contribution >= 0.6 is 0 Å². The van der Waals surface area contributed by atoms with Gasteiger partial charge in [-0.3, -0.25) is 4.90 Å². The number of rotatable bonds is 4. The number of fused-ring (bicyclic) bond motifs is 1. The number of hydrogen-bond acceptors (Lipinski definition) is 4. The Balaban J connectivity index is 1.44. The molecule has 1 atom stereocenters. The Bertz CT molecular complexity index is 416. The van der Waals surface area contributed by atoms with Crippen molar-refractivity contribution in [3.8, 4) is 5.75 Å². The molecule has 1 aromatic rings. The summed E-state index contributed by atoms with van der Waals surface area (Å²) in [5.41, 5.74) is 1.31. The van der Waals surface area contributed by atoms with E-state index < -0.39 is 0 Å². The molecule has 104 valence electrons. The predicted molar refractivity (Wildman–Crippen MR) is 76.6 cm³/mol. The second-order valence-electron chi connectivity index (χ2n) is 5.50. The molecule has 0 bridgehead atoms. The zero-order valence-corrected chi connectivity index (χ0v) is 11.6. The number of para-hydroxylation sites is 1. The zero-order chi connectivity index (χ0) is 13.1. The standard InChI is InChI=1S/C15H23N3O/c1-17-8-10-18(11-9-17)7-6-16-14-12-19-15-5-3-2-4-13(14)15/h2-5,14,16H,6-12H2,1H3. The SMILES string of the molecule is CN1CCN(CCNC2COc3ccccc32)CC1. The first-order valence-electron chi connectivity index (χ1n) is 7.19. The second-order valence-corrected chi connectivity index (χ2v) is 5.50. The lowest BCUT2D eigenvalue weighted by atomic mass is 10.1. The van der Waals surface area contributed by atoms with Gasteiger partial charge in [0.15, 0.2) is 0 Å². The molecule has 0 spiro atoms. The normalized spacial score (nSPS) is 24.2. The van der Waals surface area contributed by atoms with Gasteiger partial charge >= 0.3 is 0 Å². The highest BCUT2D eigenvalue weighted by atomic mass is 16.5. The molecule has 4 heteroatoms. The van der Waals surface area contributed by atoms with Crippen LogP contribution in [0.5, 0.6) is 5.75 Å². The highest BCUT2D eigenvalue weighted by Crippen LogP contribution is 2.31. The number of nitrogens with one attached hydrogen (secondary N) is 1. The maximum Gasteiger partial charge on any atom is 0.124 e. The maximum atomic E-state index is 5.68. The van der Waals surface area contributed by atoms with Crippen molar-refractivity contribution in [3.05, 3.63) is 29.8 Å². The minimum absolute atomic E-state index is 0.365. The quantitative estimate of drug-likeness (QED) is 0.873. The smallest absolute Gasteiger partial charge is 0.124 e. The van der Waals surface area contributed by atoms with Crippen molar-refractivity contribution in [2.75, 3.05) is 52.9 Å². The molecule has 1 aromatic carbocycles. The fourth-order valence-corrected chi connectivity index (χ4v) is 2.80. The van der Waals surface area contributed by atoms with Gasteiger partial charge in [0.05, 0.1) is 6.04 Å². The van der Waals surface area contributed by atoms with Crippen molar-refractivity contribution in [1.82, 2.24) is 15.1 Å². The lowest BCUT2D eigenvalue weighted by molar-refractivity contribution is 0.153. The lowest BCUT2D eigenvalue weighted by Gasteiger charge is -2.32. The summed E-state index contributed by atoms with van der Waals surface area (Å²) in [4.78, 5) is 4.93. The van der Waals surface area contributed by atoms with Gasteiger partial charge in [-0.15, -0.1) is 0 Å². The average Bonchev–Trinajstić information content (AvgIpc) is 2.85. The molecule has 0 aliphatic carbocycles. The molecule has 1 N–H and O–H groups in total. The largest absolute Gasteiger partial charge is 0.491 e.